The molecule has 0 fully saturated rings. The zero-order valence-corrected chi connectivity index (χ0v) is 11.1. The molecule has 0 aromatic heterocycles. The van der Waals surface area contributed by atoms with Crippen LogP contribution in [0.1, 0.15) is 37.4 Å². The van der Waals surface area contributed by atoms with Gasteiger partial charge in [0.1, 0.15) is 0 Å². The predicted molar refractivity (Wildman–Crippen MR) is 72.0 cm³/mol. The van der Waals surface area contributed by atoms with Gasteiger partial charge in [-0.2, -0.15) is 0 Å². The molecule has 0 aliphatic rings. The van der Waals surface area contributed by atoms with Gasteiger partial charge in [-0.3, -0.25) is 0 Å². The summed E-state index contributed by atoms with van der Waals surface area (Å²) in [5.74, 6) is 0. The van der Waals surface area contributed by atoms with Crippen molar-refractivity contribution in [2.75, 3.05) is 6.54 Å². The highest BCUT2D eigenvalue weighted by molar-refractivity contribution is 6.31. The molecule has 0 radical (unpaired) electrons. The second-order valence-corrected chi connectivity index (χ2v) is 4.70. The first-order chi connectivity index (χ1) is 7.54. The van der Waals surface area contributed by atoms with E-state index < -0.39 is 0 Å². The first kappa shape index (κ1) is 13.3. The van der Waals surface area contributed by atoms with Gasteiger partial charge in [-0.15, -0.1) is 6.58 Å². The largest absolute Gasteiger partial charge is 0.310 e. The van der Waals surface area contributed by atoms with Crippen LogP contribution >= 0.6 is 11.6 Å². The molecule has 0 saturated heterocycles. The molecule has 16 heavy (non-hydrogen) atoms. The highest BCUT2D eigenvalue weighted by atomic mass is 35.5. The third-order valence-electron chi connectivity index (χ3n) is 2.53. The summed E-state index contributed by atoms with van der Waals surface area (Å²) >= 11 is 6.27. The van der Waals surface area contributed by atoms with Crippen molar-refractivity contribution in [3.63, 3.8) is 0 Å². The Labute approximate surface area is 104 Å². The highest BCUT2D eigenvalue weighted by Crippen LogP contribution is 2.27. The van der Waals surface area contributed by atoms with E-state index in [1.165, 1.54) is 11.1 Å². The fourth-order valence-corrected chi connectivity index (χ4v) is 2.17. The molecule has 0 aliphatic carbocycles. The molecular weight excluding hydrogens is 218 g/mol. The van der Waals surface area contributed by atoms with E-state index in [0.717, 1.165) is 23.6 Å². The van der Waals surface area contributed by atoms with Gasteiger partial charge in [0.2, 0.25) is 0 Å². The minimum Gasteiger partial charge on any atom is -0.310 e. The molecule has 88 valence electrons. The van der Waals surface area contributed by atoms with Gasteiger partial charge >= 0.3 is 0 Å². The molecule has 0 amide bonds. The van der Waals surface area contributed by atoms with E-state index in [2.05, 4.69) is 37.9 Å². The Bertz CT molecular complexity index is 371. The van der Waals surface area contributed by atoms with Crippen LogP contribution in [0.25, 0.3) is 0 Å². The molecule has 1 aromatic carbocycles. The molecular formula is C14H20ClN. The lowest BCUT2D eigenvalue weighted by molar-refractivity contribution is 0.548. The van der Waals surface area contributed by atoms with Crippen molar-refractivity contribution in [3.8, 4) is 0 Å². The second-order valence-electron chi connectivity index (χ2n) is 4.30. The van der Waals surface area contributed by atoms with Crippen molar-refractivity contribution in [2.24, 2.45) is 0 Å². The Balaban J connectivity index is 2.95. The molecule has 1 rings (SSSR count). The third-order valence-corrected chi connectivity index (χ3v) is 2.86. The molecule has 0 bridgehead atoms. The van der Waals surface area contributed by atoms with E-state index in [0.29, 0.717) is 0 Å². The van der Waals surface area contributed by atoms with Crippen LogP contribution in [0.4, 0.5) is 0 Å². The first-order valence-corrected chi connectivity index (χ1v) is 6.06. The van der Waals surface area contributed by atoms with Gasteiger partial charge in [-0.05, 0) is 44.0 Å². The van der Waals surface area contributed by atoms with Gasteiger partial charge in [-0.1, -0.05) is 36.2 Å². The van der Waals surface area contributed by atoms with Gasteiger partial charge in [0.05, 0.1) is 0 Å². The molecule has 0 heterocycles. The maximum Gasteiger partial charge on any atom is 0.0456 e. The highest BCUT2D eigenvalue weighted by Gasteiger charge is 2.13. The fraction of sp³-hybridized carbons (Fsp3) is 0.429. The summed E-state index contributed by atoms with van der Waals surface area (Å²) < 4.78 is 0. The summed E-state index contributed by atoms with van der Waals surface area (Å²) in [6.07, 6.45) is 0.927. The zero-order chi connectivity index (χ0) is 12.1. The smallest absolute Gasteiger partial charge is 0.0456 e. The van der Waals surface area contributed by atoms with Crippen LogP contribution in [0.2, 0.25) is 5.02 Å². The van der Waals surface area contributed by atoms with Crippen LogP contribution in [0.5, 0.6) is 0 Å². The van der Waals surface area contributed by atoms with Crippen molar-refractivity contribution in [2.45, 2.75) is 33.2 Å². The molecule has 1 aromatic rings. The number of hydrogen-bond donors (Lipinski definition) is 1. The van der Waals surface area contributed by atoms with Gasteiger partial charge in [0.15, 0.2) is 0 Å². The van der Waals surface area contributed by atoms with Crippen molar-refractivity contribution in [1.29, 1.82) is 0 Å². The van der Waals surface area contributed by atoms with E-state index >= 15 is 0 Å². The maximum atomic E-state index is 6.27. The lowest BCUT2D eigenvalue weighted by atomic mass is 9.99. The average Bonchev–Trinajstić information content (AvgIpc) is 2.16. The molecule has 0 spiro atoms. The summed E-state index contributed by atoms with van der Waals surface area (Å²) in [6.45, 7) is 11.1. The minimum absolute atomic E-state index is 0.274. The normalized spacial score (nSPS) is 12.5. The Morgan fingerprint density at radius 2 is 2.19 bits per heavy atom. The van der Waals surface area contributed by atoms with Gasteiger partial charge in [0, 0.05) is 11.1 Å². The lowest BCUT2D eigenvalue weighted by Crippen LogP contribution is -2.21. The van der Waals surface area contributed by atoms with E-state index in [1.54, 1.807) is 0 Å². The Hall–Kier alpha value is -0.790. The van der Waals surface area contributed by atoms with E-state index in [-0.39, 0.29) is 6.04 Å². The van der Waals surface area contributed by atoms with E-state index in [4.69, 9.17) is 11.6 Å². The summed E-state index contributed by atoms with van der Waals surface area (Å²) in [5.41, 5.74) is 3.53. The van der Waals surface area contributed by atoms with Gasteiger partial charge in [0.25, 0.3) is 0 Å². The van der Waals surface area contributed by atoms with Crippen molar-refractivity contribution >= 4 is 11.6 Å². The minimum atomic E-state index is 0.274. The molecule has 0 saturated carbocycles. The summed E-state index contributed by atoms with van der Waals surface area (Å²) in [6, 6.07) is 6.49. The molecule has 1 N–H and O–H groups in total. The Morgan fingerprint density at radius 3 is 2.69 bits per heavy atom. The topological polar surface area (TPSA) is 12.0 Å². The van der Waals surface area contributed by atoms with Crippen LogP contribution in [-0.4, -0.2) is 6.54 Å². The quantitative estimate of drug-likeness (QED) is 0.755. The van der Waals surface area contributed by atoms with Gasteiger partial charge in [-0.25, -0.2) is 0 Å². The van der Waals surface area contributed by atoms with Crippen molar-refractivity contribution < 1.29 is 0 Å². The second kappa shape index (κ2) is 6.07. The fourth-order valence-electron chi connectivity index (χ4n) is 1.80. The lowest BCUT2D eigenvalue weighted by Gasteiger charge is -2.20. The van der Waals surface area contributed by atoms with Crippen LogP contribution in [-0.2, 0) is 0 Å². The van der Waals surface area contributed by atoms with E-state index in [1.807, 2.05) is 13.0 Å². The zero-order valence-electron chi connectivity index (χ0n) is 10.3. The molecule has 2 heteroatoms. The van der Waals surface area contributed by atoms with E-state index in [9.17, 15) is 0 Å². The maximum absolute atomic E-state index is 6.27. The number of rotatable bonds is 5. The molecule has 0 aliphatic heterocycles. The SMILES string of the molecule is C=C(C)CC(NCC)c1ccc(C)cc1Cl. The van der Waals surface area contributed by atoms with Crippen LogP contribution in [0.15, 0.2) is 30.4 Å². The van der Waals surface area contributed by atoms with Crippen LogP contribution in [0, 0.1) is 6.92 Å². The summed E-state index contributed by atoms with van der Waals surface area (Å²) in [5, 5.41) is 4.29. The number of benzene rings is 1. The van der Waals surface area contributed by atoms with Crippen molar-refractivity contribution in [3.05, 3.63) is 46.5 Å². The number of aryl methyl sites for hydroxylation is 1. The first-order valence-electron chi connectivity index (χ1n) is 5.68. The Kier molecular flexibility index (Phi) is 5.04. The number of hydrogen-bond acceptors (Lipinski definition) is 1. The van der Waals surface area contributed by atoms with Crippen LogP contribution in [0.3, 0.4) is 0 Å². The van der Waals surface area contributed by atoms with Gasteiger partial charge < -0.3 is 5.32 Å². The molecule has 1 nitrogen and oxygen atoms in total. The predicted octanol–water partition coefficient (Wildman–Crippen LogP) is 4.27. The Morgan fingerprint density at radius 1 is 1.50 bits per heavy atom. The van der Waals surface area contributed by atoms with Crippen molar-refractivity contribution in [1.82, 2.24) is 5.32 Å². The number of nitrogens with one attached hydrogen (secondary N) is 1. The standard InChI is InChI=1S/C14H20ClN/c1-5-16-14(8-10(2)3)12-7-6-11(4)9-13(12)15/h6-7,9,14,16H,2,5,8H2,1,3-4H3. The summed E-state index contributed by atoms with van der Waals surface area (Å²) in [7, 11) is 0. The third kappa shape index (κ3) is 3.66. The molecule has 1 atom stereocenters. The molecule has 1 unspecified atom stereocenters. The summed E-state index contributed by atoms with van der Waals surface area (Å²) in [4.78, 5) is 0. The number of halogens is 1. The van der Waals surface area contributed by atoms with Crippen LogP contribution < -0.4 is 5.32 Å². The monoisotopic (exact) mass is 237 g/mol. The average molecular weight is 238 g/mol.